The van der Waals surface area contributed by atoms with E-state index < -0.39 is 0 Å². The summed E-state index contributed by atoms with van der Waals surface area (Å²) >= 11 is 0. The number of ether oxygens (including phenoxy) is 1. The van der Waals surface area contributed by atoms with Crippen LogP contribution in [0.3, 0.4) is 0 Å². The Balaban J connectivity index is 4.07. The lowest BCUT2D eigenvalue weighted by molar-refractivity contribution is 0.0665. The summed E-state index contributed by atoms with van der Waals surface area (Å²) in [5.41, 5.74) is 0.785. The van der Waals surface area contributed by atoms with Gasteiger partial charge in [0.05, 0.1) is 0 Å². The zero-order valence-electron chi connectivity index (χ0n) is 19.4. The summed E-state index contributed by atoms with van der Waals surface area (Å²) in [6.45, 7) is 25.7. The van der Waals surface area contributed by atoms with Crippen molar-refractivity contribution in [2.45, 2.75) is 108 Å². The van der Waals surface area contributed by atoms with E-state index in [4.69, 9.17) is 4.74 Å². The smallest absolute Gasteiger partial charge is 0.0471 e. The van der Waals surface area contributed by atoms with Gasteiger partial charge in [-0.25, -0.2) is 0 Å². The summed E-state index contributed by atoms with van der Waals surface area (Å²) in [6, 6.07) is 0. The molecule has 0 fully saturated rings. The summed E-state index contributed by atoms with van der Waals surface area (Å²) in [5.74, 6) is 3.27. The molecule has 0 saturated carbocycles. The van der Waals surface area contributed by atoms with Gasteiger partial charge in [-0.1, -0.05) is 82.1 Å². The van der Waals surface area contributed by atoms with Crippen molar-refractivity contribution in [3.05, 3.63) is 0 Å². The molecule has 0 saturated heterocycles. The van der Waals surface area contributed by atoms with Crippen molar-refractivity contribution in [3.63, 3.8) is 0 Å². The molecule has 1 nitrogen and oxygen atoms in total. The molecule has 0 aliphatic carbocycles. The lowest BCUT2D eigenvalue weighted by atomic mass is 9.76. The van der Waals surface area contributed by atoms with Crippen LogP contribution in [0.1, 0.15) is 108 Å². The number of hydrogen-bond donors (Lipinski definition) is 0. The molecule has 25 heavy (non-hydrogen) atoms. The summed E-state index contributed by atoms with van der Waals surface area (Å²) in [4.78, 5) is 0. The van der Waals surface area contributed by atoms with Gasteiger partial charge in [0.2, 0.25) is 0 Å². The second-order valence-corrected chi connectivity index (χ2v) is 10.6. The van der Waals surface area contributed by atoms with Crippen molar-refractivity contribution in [2.24, 2.45) is 34.5 Å². The molecule has 4 unspecified atom stereocenters. The average molecular weight is 355 g/mol. The van der Waals surface area contributed by atoms with E-state index in [1.807, 2.05) is 0 Å². The minimum absolute atomic E-state index is 0.392. The van der Waals surface area contributed by atoms with Crippen LogP contribution in [-0.2, 0) is 4.74 Å². The van der Waals surface area contributed by atoms with Crippen LogP contribution in [0.5, 0.6) is 0 Å². The van der Waals surface area contributed by atoms with Crippen molar-refractivity contribution in [1.82, 2.24) is 0 Å². The van der Waals surface area contributed by atoms with E-state index in [0.717, 1.165) is 36.9 Å². The Bertz CT molecular complexity index is 299. The van der Waals surface area contributed by atoms with E-state index in [1.165, 1.54) is 38.5 Å². The lowest BCUT2D eigenvalue weighted by Gasteiger charge is -2.32. The van der Waals surface area contributed by atoms with Crippen LogP contribution < -0.4 is 0 Å². The molecule has 0 spiro atoms. The van der Waals surface area contributed by atoms with Crippen LogP contribution in [0.15, 0.2) is 0 Å². The molecule has 0 aromatic rings. The molecule has 0 radical (unpaired) electrons. The molecule has 0 N–H and O–H groups in total. The predicted molar refractivity (Wildman–Crippen MR) is 114 cm³/mol. The standard InChI is InChI=1S/C24H50O/c1-11-19(3)21(5)17-23(7,8)13-15-25-16-14-24(9,10)18-22(6)20(4)12-2/h19-22H,11-18H2,1-10H3. The third-order valence-electron chi connectivity index (χ3n) is 6.83. The normalized spacial score (nSPS) is 18.0. The lowest BCUT2D eigenvalue weighted by Crippen LogP contribution is -2.23. The second kappa shape index (κ2) is 11.6. The topological polar surface area (TPSA) is 9.23 Å². The zero-order chi connectivity index (χ0) is 19.7. The van der Waals surface area contributed by atoms with E-state index in [9.17, 15) is 0 Å². The van der Waals surface area contributed by atoms with Crippen molar-refractivity contribution in [3.8, 4) is 0 Å². The largest absolute Gasteiger partial charge is 0.381 e. The van der Waals surface area contributed by atoms with Crippen LogP contribution in [-0.4, -0.2) is 13.2 Å². The Hall–Kier alpha value is -0.0400. The fourth-order valence-electron chi connectivity index (χ4n) is 3.95. The number of rotatable bonds is 14. The quantitative estimate of drug-likeness (QED) is 0.287. The number of hydrogen-bond acceptors (Lipinski definition) is 1. The monoisotopic (exact) mass is 354 g/mol. The highest BCUT2D eigenvalue weighted by Gasteiger charge is 2.25. The molecule has 0 bridgehead atoms. The van der Waals surface area contributed by atoms with Crippen LogP contribution in [0.25, 0.3) is 0 Å². The maximum Gasteiger partial charge on any atom is 0.0471 e. The van der Waals surface area contributed by atoms with Gasteiger partial charge in [0.1, 0.15) is 0 Å². The van der Waals surface area contributed by atoms with Crippen LogP contribution in [0.2, 0.25) is 0 Å². The summed E-state index contributed by atoms with van der Waals surface area (Å²) in [5, 5.41) is 0. The average Bonchev–Trinajstić information content (AvgIpc) is 2.51. The molecule has 0 amide bonds. The maximum atomic E-state index is 6.04. The highest BCUT2D eigenvalue weighted by molar-refractivity contribution is 4.76. The summed E-state index contributed by atoms with van der Waals surface area (Å²) in [7, 11) is 0. The van der Waals surface area contributed by atoms with E-state index in [0.29, 0.717) is 10.8 Å². The molecule has 0 aromatic carbocycles. The van der Waals surface area contributed by atoms with Crippen LogP contribution in [0, 0.1) is 34.5 Å². The van der Waals surface area contributed by atoms with Gasteiger partial charge in [-0.3, -0.25) is 0 Å². The summed E-state index contributed by atoms with van der Waals surface area (Å²) < 4.78 is 6.04. The van der Waals surface area contributed by atoms with Crippen LogP contribution in [0.4, 0.5) is 0 Å². The molecule has 152 valence electrons. The van der Waals surface area contributed by atoms with E-state index >= 15 is 0 Å². The van der Waals surface area contributed by atoms with Gasteiger partial charge in [0.15, 0.2) is 0 Å². The maximum absolute atomic E-state index is 6.04. The molecule has 0 aliphatic rings. The van der Waals surface area contributed by atoms with Crippen molar-refractivity contribution < 1.29 is 4.74 Å². The van der Waals surface area contributed by atoms with E-state index in [-0.39, 0.29) is 0 Å². The molecular formula is C24H50O. The summed E-state index contributed by atoms with van der Waals surface area (Å²) in [6.07, 6.45) is 7.55. The van der Waals surface area contributed by atoms with Crippen molar-refractivity contribution in [2.75, 3.05) is 13.2 Å². The highest BCUT2D eigenvalue weighted by atomic mass is 16.5. The first-order valence-electron chi connectivity index (χ1n) is 11.0. The first kappa shape index (κ1) is 25.0. The van der Waals surface area contributed by atoms with Crippen LogP contribution >= 0.6 is 0 Å². The van der Waals surface area contributed by atoms with Gasteiger partial charge >= 0.3 is 0 Å². The Labute approximate surface area is 160 Å². The van der Waals surface area contributed by atoms with Crippen molar-refractivity contribution >= 4 is 0 Å². The second-order valence-electron chi connectivity index (χ2n) is 10.6. The van der Waals surface area contributed by atoms with E-state index in [1.54, 1.807) is 0 Å². The zero-order valence-corrected chi connectivity index (χ0v) is 19.4. The van der Waals surface area contributed by atoms with Gasteiger partial charge < -0.3 is 4.74 Å². The third-order valence-corrected chi connectivity index (χ3v) is 6.83. The molecule has 1 heteroatoms. The first-order chi connectivity index (χ1) is 11.4. The third kappa shape index (κ3) is 11.3. The fourth-order valence-corrected chi connectivity index (χ4v) is 3.95. The van der Waals surface area contributed by atoms with Crippen molar-refractivity contribution in [1.29, 1.82) is 0 Å². The molecular weight excluding hydrogens is 304 g/mol. The van der Waals surface area contributed by atoms with Gasteiger partial charge in [0, 0.05) is 13.2 Å². The van der Waals surface area contributed by atoms with Gasteiger partial charge in [-0.15, -0.1) is 0 Å². The first-order valence-corrected chi connectivity index (χ1v) is 11.0. The fraction of sp³-hybridized carbons (Fsp3) is 1.00. The van der Waals surface area contributed by atoms with Gasteiger partial charge in [0.25, 0.3) is 0 Å². The highest BCUT2D eigenvalue weighted by Crippen LogP contribution is 2.35. The SMILES string of the molecule is CCC(C)C(C)CC(C)(C)CCOCCC(C)(C)CC(C)C(C)CC. The Kier molecular flexibility index (Phi) is 11.6. The molecule has 0 aliphatic heterocycles. The molecule has 0 heterocycles. The van der Waals surface area contributed by atoms with E-state index in [2.05, 4.69) is 69.2 Å². The Morgan fingerprint density at radius 3 is 1.20 bits per heavy atom. The molecule has 0 rings (SSSR count). The molecule has 0 aromatic heterocycles. The predicted octanol–water partition coefficient (Wildman–Crippen LogP) is 7.98. The Morgan fingerprint density at radius 2 is 0.920 bits per heavy atom. The minimum atomic E-state index is 0.392. The van der Waals surface area contributed by atoms with Gasteiger partial charge in [-0.05, 0) is 60.2 Å². The Morgan fingerprint density at radius 1 is 0.600 bits per heavy atom. The van der Waals surface area contributed by atoms with Gasteiger partial charge in [-0.2, -0.15) is 0 Å². The minimum Gasteiger partial charge on any atom is -0.381 e. The molecule has 4 atom stereocenters.